The second-order valence-electron chi connectivity index (χ2n) is 7.93. The quantitative estimate of drug-likeness (QED) is 0.909. The average molecular weight is 339 g/mol. The van der Waals surface area contributed by atoms with Gasteiger partial charge in [-0.25, -0.2) is 4.98 Å². The fourth-order valence-corrected chi connectivity index (χ4v) is 6.50. The van der Waals surface area contributed by atoms with E-state index in [4.69, 9.17) is 4.98 Å². The Morgan fingerprint density at radius 1 is 1.08 bits per heavy atom. The van der Waals surface area contributed by atoms with Crippen LogP contribution in [-0.4, -0.2) is 15.9 Å². The molecule has 0 aliphatic heterocycles. The number of hydrogen-bond acceptors (Lipinski definition) is 4. The van der Waals surface area contributed by atoms with E-state index in [1.54, 1.807) is 35.9 Å². The molecular weight excluding hydrogens is 318 g/mol. The summed E-state index contributed by atoms with van der Waals surface area (Å²) in [5, 5.41) is 5.87. The van der Waals surface area contributed by atoms with Crippen LogP contribution in [0.25, 0.3) is 0 Å². The fraction of sp³-hybridized carbons (Fsp3) is 0.526. The van der Waals surface area contributed by atoms with Crippen molar-refractivity contribution in [2.75, 3.05) is 5.32 Å². The summed E-state index contributed by atoms with van der Waals surface area (Å²) in [4.78, 5) is 21.1. The van der Waals surface area contributed by atoms with Gasteiger partial charge in [0.2, 0.25) is 0 Å². The van der Waals surface area contributed by atoms with Gasteiger partial charge in [-0.2, -0.15) is 0 Å². The van der Waals surface area contributed by atoms with Crippen molar-refractivity contribution in [2.24, 2.45) is 17.8 Å². The number of hydrogen-bond donors (Lipinski definition) is 1. The molecule has 0 aromatic carbocycles. The molecule has 0 radical (unpaired) electrons. The maximum atomic E-state index is 12.3. The third kappa shape index (κ3) is 2.37. The summed E-state index contributed by atoms with van der Waals surface area (Å²) in [6.07, 6.45) is 11.5. The summed E-state index contributed by atoms with van der Waals surface area (Å²) < 4.78 is 0. The molecule has 4 nitrogen and oxygen atoms in total. The molecule has 1 N–H and O–H groups in total. The molecule has 124 valence electrons. The summed E-state index contributed by atoms with van der Waals surface area (Å²) in [6, 6.07) is 3.45. The monoisotopic (exact) mass is 339 g/mol. The van der Waals surface area contributed by atoms with Crippen LogP contribution in [0.5, 0.6) is 0 Å². The molecule has 2 aromatic rings. The van der Waals surface area contributed by atoms with Crippen LogP contribution in [0.4, 0.5) is 5.13 Å². The molecule has 1 amide bonds. The Morgan fingerprint density at radius 3 is 2.33 bits per heavy atom. The molecule has 2 aromatic heterocycles. The number of thiazole rings is 1. The largest absolute Gasteiger partial charge is 0.298 e. The summed E-state index contributed by atoms with van der Waals surface area (Å²) in [5.74, 6) is 2.62. The number of carbonyl (C=O) groups excluding carboxylic acids is 1. The molecule has 2 heterocycles. The summed E-state index contributed by atoms with van der Waals surface area (Å²) in [6.45, 7) is 0. The van der Waals surface area contributed by atoms with Crippen molar-refractivity contribution in [1.82, 2.24) is 9.97 Å². The highest BCUT2D eigenvalue weighted by atomic mass is 32.1. The van der Waals surface area contributed by atoms with Gasteiger partial charge in [-0.05, 0) is 68.4 Å². The normalized spacial score (nSPS) is 33.6. The Bertz CT molecular complexity index is 735. The minimum atomic E-state index is -0.108. The van der Waals surface area contributed by atoms with Crippen LogP contribution in [-0.2, 0) is 5.41 Å². The van der Waals surface area contributed by atoms with E-state index in [1.807, 2.05) is 0 Å². The van der Waals surface area contributed by atoms with Crippen molar-refractivity contribution in [2.45, 2.75) is 43.9 Å². The summed E-state index contributed by atoms with van der Waals surface area (Å²) >= 11 is 1.56. The molecule has 4 aliphatic rings. The summed E-state index contributed by atoms with van der Waals surface area (Å²) in [7, 11) is 0. The Labute approximate surface area is 145 Å². The van der Waals surface area contributed by atoms with Gasteiger partial charge >= 0.3 is 0 Å². The number of nitrogens with zero attached hydrogens (tertiary/aromatic N) is 2. The van der Waals surface area contributed by atoms with Gasteiger partial charge in [-0.3, -0.25) is 15.1 Å². The van der Waals surface area contributed by atoms with E-state index in [2.05, 4.69) is 15.7 Å². The van der Waals surface area contributed by atoms with Crippen molar-refractivity contribution >= 4 is 22.4 Å². The molecule has 0 atom stereocenters. The third-order valence-corrected chi connectivity index (χ3v) is 7.01. The smallest absolute Gasteiger partial charge is 0.257 e. The van der Waals surface area contributed by atoms with Gasteiger partial charge in [0.25, 0.3) is 5.91 Å². The summed E-state index contributed by atoms with van der Waals surface area (Å²) in [5.41, 5.74) is 2.15. The van der Waals surface area contributed by atoms with Gasteiger partial charge in [-0.1, -0.05) is 0 Å². The Balaban J connectivity index is 1.37. The van der Waals surface area contributed by atoms with E-state index in [9.17, 15) is 4.79 Å². The van der Waals surface area contributed by atoms with Crippen molar-refractivity contribution in [1.29, 1.82) is 0 Å². The van der Waals surface area contributed by atoms with Crippen molar-refractivity contribution < 1.29 is 4.79 Å². The molecule has 4 bridgehead atoms. The second-order valence-corrected chi connectivity index (χ2v) is 8.78. The molecule has 0 unspecified atom stereocenters. The van der Waals surface area contributed by atoms with Crippen molar-refractivity contribution in [3.05, 3.63) is 41.2 Å². The predicted octanol–water partition coefficient (Wildman–Crippen LogP) is 4.26. The van der Waals surface area contributed by atoms with Crippen LogP contribution in [0.1, 0.15) is 54.6 Å². The van der Waals surface area contributed by atoms with Crippen LogP contribution in [0.15, 0.2) is 29.9 Å². The molecule has 6 rings (SSSR count). The number of nitrogens with one attached hydrogen (secondary N) is 1. The zero-order valence-electron chi connectivity index (χ0n) is 13.6. The highest BCUT2D eigenvalue weighted by Crippen LogP contribution is 2.60. The van der Waals surface area contributed by atoms with E-state index < -0.39 is 0 Å². The number of anilines is 1. The highest BCUT2D eigenvalue weighted by molar-refractivity contribution is 7.14. The maximum absolute atomic E-state index is 12.3. The zero-order valence-corrected chi connectivity index (χ0v) is 14.4. The molecule has 4 saturated carbocycles. The van der Waals surface area contributed by atoms with Gasteiger partial charge < -0.3 is 0 Å². The van der Waals surface area contributed by atoms with Crippen LogP contribution in [0, 0.1) is 17.8 Å². The van der Waals surface area contributed by atoms with Gasteiger partial charge in [-0.15, -0.1) is 11.3 Å². The minimum absolute atomic E-state index is 0.108. The van der Waals surface area contributed by atoms with Crippen LogP contribution in [0.3, 0.4) is 0 Å². The lowest BCUT2D eigenvalue weighted by Gasteiger charge is -2.56. The molecule has 24 heavy (non-hydrogen) atoms. The van der Waals surface area contributed by atoms with Crippen LogP contribution >= 0.6 is 11.3 Å². The Morgan fingerprint density at radius 2 is 1.71 bits per heavy atom. The second kappa shape index (κ2) is 5.38. The Kier molecular flexibility index (Phi) is 3.27. The average Bonchev–Trinajstić information content (AvgIpc) is 3.04. The van der Waals surface area contributed by atoms with Gasteiger partial charge in [0, 0.05) is 28.8 Å². The van der Waals surface area contributed by atoms with Gasteiger partial charge in [0.15, 0.2) is 5.13 Å². The molecular formula is C19H21N3OS. The lowest BCUT2D eigenvalue weighted by molar-refractivity contribution is -0.00688. The lowest BCUT2D eigenvalue weighted by Crippen LogP contribution is -2.48. The van der Waals surface area contributed by atoms with Crippen molar-refractivity contribution in [3.63, 3.8) is 0 Å². The van der Waals surface area contributed by atoms with E-state index in [1.165, 1.54) is 44.2 Å². The van der Waals surface area contributed by atoms with Crippen LogP contribution in [0.2, 0.25) is 0 Å². The van der Waals surface area contributed by atoms with Crippen molar-refractivity contribution in [3.8, 4) is 0 Å². The topological polar surface area (TPSA) is 54.9 Å². The molecule has 4 aliphatic carbocycles. The van der Waals surface area contributed by atoms with E-state index in [0.29, 0.717) is 11.0 Å². The van der Waals surface area contributed by atoms with Gasteiger partial charge in [0.05, 0.1) is 5.69 Å². The predicted molar refractivity (Wildman–Crippen MR) is 94.2 cm³/mol. The first-order valence-corrected chi connectivity index (χ1v) is 9.75. The molecule has 5 heteroatoms. The molecule has 4 fully saturated rings. The van der Waals surface area contributed by atoms with E-state index >= 15 is 0 Å². The number of rotatable bonds is 3. The standard InChI is InChI=1S/C19H21N3OS/c23-17(15-1-3-20-4-2-15)22-18-21-16(11-24-18)19-8-12-5-13(9-19)7-14(6-12)10-19/h1-4,11-14H,5-10H2,(H,21,22,23). The molecule has 0 saturated heterocycles. The van der Waals surface area contributed by atoms with E-state index in [-0.39, 0.29) is 5.91 Å². The van der Waals surface area contributed by atoms with Gasteiger partial charge in [0.1, 0.15) is 0 Å². The van der Waals surface area contributed by atoms with Crippen LogP contribution < -0.4 is 5.32 Å². The SMILES string of the molecule is O=C(Nc1nc(C23CC4CC(CC(C4)C2)C3)cs1)c1ccncc1. The Hall–Kier alpha value is -1.75. The number of pyridine rings is 1. The highest BCUT2D eigenvalue weighted by Gasteiger charge is 2.52. The molecule has 0 spiro atoms. The first-order chi connectivity index (χ1) is 11.7. The fourth-order valence-electron chi connectivity index (χ4n) is 5.67. The minimum Gasteiger partial charge on any atom is -0.298 e. The first kappa shape index (κ1) is 14.6. The maximum Gasteiger partial charge on any atom is 0.257 e. The number of carbonyl (C=O) groups is 1. The first-order valence-electron chi connectivity index (χ1n) is 8.88. The zero-order chi connectivity index (χ0) is 16.1. The van der Waals surface area contributed by atoms with E-state index in [0.717, 1.165) is 22.9 Å². The number of amides is 1. The third-order valence-electron chi connectivity index (χ3n) is 6.25. The number of aromatic nitrogens is 2. The lowest BCUT2D eigenvalue weighted by atomic mass is 9.49.